The van der Waals surface area contributed by atoms with E-state index in [2.05, 4.69) is 10.6 Å². The van der Waals surface area contributed by atoms with Crippen molar-refractivity contribution in [2.24, 2.45) is 5.92 Å². The SMILES string of the molecule is CC(C(=O)O)C(=O)Nc1cccc2c1C(=O)N(C1CCC(=O)NC1=O)C2=O. The van der Waals surface area contributed by atoms with E-state index < -0.39 is 47.5 Å². The summed E-state index contributed by atoms with van der Waals surface area (Å²) in [6, 6.07) is 3.04. The highest BCUT2D eigenvalue weighted by atomic mass is 16.4. The Labute approximate surface area is 152 Å². The first-order chi connectivity index (χ1) is 12.7. The quantitative estimate of drug-likeness (QED) is 0.486. The molecule has 1 saturated heterocycles. The van der Waals surface area contributed by atoms with E-state index in [0.717, 1.165) is 4.90 Å². The predicted molar refractivity (Wildman–Crippen MR) is 88.5 cm³/mol. The topological polar surface area (TPSA) is 150 Å². The smallest absolute Gasteiger partial charge is 0.315 e. The number of carbonyl (C=O) groups excluding carboxylic acids is 5. The van der Waals surface area contributed by atoms with Crippen molar-refractivity contribution in [3.8, 4) is 0 Å². The molecule has 27 heavy (non-hydrogen) atoms. The van der Waals surface area contributed by atoms with Crippen LogP contribution in [0.15, 0.2) is 18.2 Å². The van der Waals surface area contributed by atoms with E-state index in [1.54, 1.807) is 0 Å². The number of benzene rings is 1. The van der Waals surface area contributed by atoms with Crippen LogP contribution in [0, 0.1) is 5.92 Å². The van der Waals surface area contributed by atoms with E-state index in [1.165, 1.54) is 25.1 Å². The molecule has 1 aromatic rings. The summed E-state index contributed by atoms with van der Waals surface area (Å²) in [5.41, 5.74) is -0.137. The fourth-order valence-corrected chi connectivity index (χ4v) is 2.97. The number of hydrogen-bond donors (Lipinski definition) is 3. The number of piperidine rings is 1. The summed E-state index contributed by atoms with van der Waals surface area (Å²) in [6.07, 6.45) is -0.00257. The summed E-state index contributed by atoms with van der Waals surface area (Å²) in [6.45, 7) is 1.18. The van der Waals surface area contributed by atoms with Gasteiger partial charge in [0.1, 0.15) is 12.0 Å². The number of nitrogens with one attached hydrogen (secondary N) is 2. The van der Waals surface area contributed by atoms with Crippen LogP contribution < -0.4 is 10.6 Å². The number of fused-ring (bicyclic) bond motifs is 1. The van der Waals surface area contributed by atoms with Crippen LogP contribution in [0.25, 0.3) is 0 Å². The molecule has 3 rings (SSSR count). The minimum absolute atomic E-state index is 0.00781. The lowest BCUT2D eigenvalue weighted by Gasteiger charge is -2.27. The molecule has 0 aromatic heterocycles. The zero-order valence-electron chi connectivity index (χ0n) is 14.1. The van der Waals surface area contributed by atoms with Gasteiger partial charge in [-0.1, -0.05) is 6.07 Å². The lowest BCUT2D eigenvalue weighted by Crippen LogP contribution is -2.54. The molecule has 2 aliphatic heterocycles. The molecule has 2 unspecified atom stereocenters. The average molecular weight is 373 g/mol. The van der Waals surface area contributed by atoms with E-state index in [1.807, 2.05) is 0 Å². The first kappa shape index (κ1) is 18.2. The highest BCUT2D eigenvalue weighted by Crippen LogP contribution is 2.32. The van der Waals surface area contributed by atoms with Gasteiger partial charge in [-0.2, -0.15) is 0 Å². The van der Waals surface area contributed by atoms with Crippen molar-refractivity contribution in [1.82, 2.24) is 10.2 Å². The second-order valence-corrected chi connectivity index (χ2v) is 6.22. The van der Waals surface area contributed by atoms with Gasteiger partial charge in [-0.15, -0.1) is 0 Å². The molecule has 2 aliphatic rings. The molecule has 5 amide bonds. The van der Waals surface area contributed by atoms with E-state index in [-0.39, 0.29) is 29.7 Å². The van der Waals surface area contributed by atoms with Gasteiger partial charge in [0.05, 0.1) is 16.8 Å². The van der Waals surface area contributed by atoms with Crippen LogP contribution in [0.3, 0.4) is 0 Å². The lowest BCUT2D eigenvalue weighted by atomic mass is 10.0. The number of rotatable bonds is 4. The molecule has 2 heterocycles. The van der Waals surface area contributed by atoms with E-state index in [0.29, 0.717) is 0 Å². The average Bonchev–Trinajstić information content (AvgIpc) is 2.86. The number of carbonyl (C=O) groups is 6. The predicted octanol–water partition coefficient (Wildman–Crippen LogP) is -0.253. The highest BCUT2D eigenvalue weighted by Gasteiger charge is 2.45. The van der Waals surface area contributed by atoms with Gasteiger partial charge in [0.25, 0.3) is 11.8 Å². The fraction of sp³-hybridized carbons (Fsp3) is 0.294. The molecule has 0 saturated carbocycles. The third kappa shape index (κ3) is 3.05. The van der Waals surface area contributed by atoms with Crippen molar-refractivity contribution in [2.75, 3.05) is 5.32 Å². The van der Waals surface area contributed by atoms with Crippen LogP contribution in [0.5, 0.6) is 0 Å². The van der Waals surface area contributed by atoms with Crippen LogP contribution in [0.2, 0.25) is 0 Å². The van der Waals surface area contributed by atoms with Crippen molar-refractivity contribution >= 4 is 41.2 Å². The molecule has 10 heteroatoms. The zero-order valence-corrected chi connectivity index (χ0v) is 14.1. The first-order valence-corrected chi connectivity index (χ1v) is 8.10. The summed E-state index contributed by atoms with van der Waals surface area (Å²) in [7, 11) is 0. The van der Waals surface area contributed by atoms with Crippen LogP contribution in [0.4, 0.5) is 5.69 Å². The maximum Gasteiger partial charge on any atom is 0.315 e. The van der Waals surface area contributed by atoms with Gasteiger partial charge in [0.2, 0.25) is 17.7 Å². The number of hydrogen-bond acceptors (Lipinski definition) is 6. The Morgan fingerprint density at radius 2 is 1.93 bits per heavy atom. The second kappa shape index (κ2) is 6.63. The van der Waals surface area contributed by atoms with Gasteiger partial charge in [0, 0.05) is 6.42 Å². The molecule has 0 bridgehead atoms. The molecule has 2 atom stereocenters. The molecule has 0 spiro atoms. The number of aliphatic carboxylic acids is 1. The number of imide groups is 2. The molecular formula is C17H15N3O7. The van der Waals surface area contributed by atoms with E-state index >= 15 is 0 Å². The largest absolute Gasteiger partial charge is 0.481 e. The van der Waals surface area contributed by atoms with Gasteiger partial charge >= 0.3 is 5.97 Å². The van der Waals surface area contributed by atoms with E-state index in [9.17, 15) is 28.8 Å². The molecule has 0 aliphatic carbocycles. The third-order valence-electron chi connectivity index (χ3n) is 4.49. The lowest BCUT2D eigenvalue weighted by molar-refractivity contribution is -0.144. The number of amides is 5. The zero-order chi connectivity index (χ0) is 19.9. The molecule has 140 valence electrons. The van der Waals surface area contributed by atoms with Gasteiger partial charge in [-0.3, -0.25) is 39.0 Å². The normalized spacial score (nSPS) is 20.2. The maximum atomic E-state index is 12.8. The van der Waals surface area contributed by atoms with Crippen molar-refractivity contribution in [3.05, 3.63) is 29.3 Å². The van der Waals surface area contributed by atoms with Crippen molar-refractivity contribution < 1.29 is 33.9 Å². The van der Waals surface area contributed by atoms with Crippen LogP contribution in [0.1, 0.15) is 40.5 Å². The van der Waals surface area contributed by atoms with Crippen LogP contribution >= 0.6 is 0 Å². The molecule has 1 fully saturated rings. The summed E-state index contributed by atoms with van der Waals surface area (Å²) in [5, 5.41) is 13.3. The standard InChI is InChI=1S/C17H15N3O7/c1-7(17(26)27)13(22)18-9-4-2-3-8-12(9)16(25)20(15(8)24)10-5-6-11(21)19-14(10)23/h2-4,7,10H,5-6H2,1H3,(H,18,22)(H,26,27)(H,19,21,23). The fourth-order valence-electron chi connectivity index (χ4n) is 2.97. The monoisotopic (exact) mass is 373 g/mol. The molecule has 10 nitrogen and oxygen atoms in total. The summed E-state index contributed by atoms with van der Waals surface area (Å²) in [5.74, 6) is -6.29. The number of nitrogens with zero attached hydrogens (tertiary/aromatic N) is 1. The minimum atomic E-state index is -1.36. The van der Waals surface area contributed by atoms with Crippen LogP contribution in [-0.2, 0) is 19.2 Å². The van der Waals surface area contributed by atoms with Crippen LogP contribution in [-0.4, -0.2) is 51.6 Å². The van der Waals surface area contributed by atoms with Crippen molar-refractivity contribution in [2.45, 2.75) is 25.8 Å². The summed E-state index contributed by atoms with van der Waals surface area (Å²) < 4.78 is 0. The van der Waals surface area contributed by atoms with Gasteiger partial charge in [0.15, 0.2) is 0 Å². The molecule has 3 N–H and O–H groups in total. The maximum absolute atomic E-state index is 12.8. The molecule has 1 aromatic carbocycles. The Balaban J connectivity index is 1.93. The molecule has 0 radical (unpaired) electrons. The highest BCUT2D eigenvalue weighted by molar-refractivity contribution is 6.26. The Morgan fingerprint density at radius 1 is 1.22 bits per heavy atom. The number of anilines is 1. The summed E-state index contributed by atoms with van der Waals surface area (Å²) >= 11 is 0. The minimum Gasteiger partial charge on any atom is -0.481 e. The Hall–Kier alpha value is -3.56. The Bertz CT molecular complexity index is 908. The number of carboxylic acids is 1. The number of carboxylic acid groups (broad SMARTS) is 1. The first-order valence-electron chi connectivity index (χ1n) is 8.10. The van der Waals surface area contributed by atoms with Gasteiger partial charge in [-0.25, -0.2) is 0 Å². The van der Waals surface area contributed by atoms with Gasteiger partial charge < -0.3 is 10.4 Å². The van der Waals surface area contributed by atoms with Gasteiger partial charge in [-0.05, 0) is 25.5 Å². The molecular weight excluding hydrogens is 358 g/mol. The Kier molecular flexibility index (Phi) is 4.48. The second-order valence-electron chi connectivity index (χ2n) is 6.22. The Morgan fingerprint density at radius 3 is 2.56 bits per heavy atom. The van der Waals surface area contributed by atoms with Crippen molar-refractivity contribution in [1.29, 1.82) is 0 Å². The third-order valence-corrected chi connectivity index (χ3v) is 4.49. The summed E-state index contributed by atoms with van der Waals surface area (Å²) in [4.78, 5) is 72.5. The van der Waals surface area contributed by atoms with Crippen molar-refractivity contribution in [3.63, 3.8) is 0 Å². The van der Waals surface area contributed by atoms with E-state index in [4.69, 9.17) is 5.11 Å².